The Morgan fingerprint density at radius 2 is 1.94 bits per heavy atom. The van der Waals surface area contributed by atoms with Crippen LogP contribution in [0.5, 0.6) is 0 Å². The van der Waals surface area contributed by atoms with Gasteiger partial charge in [0.2, 0.25) is 0 Å². The van der Waals surface area contributed by atoms with E-state index < -0.39 is 0 Å². The largest absolute Gasteiger partial charge is 0.396 e. The lowest BCUT2D eigenvalue weighted by Gasteiger charge is -2.10. The zero-order valence-electron chi connectivity index (χ0n) is 9.79. The monoisotopic (exact) mass is 291 g/mol. The highest BCUT2D eigenvalue weighted by Gasteiger charge is 2.03. The summed E-state index contributed by atoms with van der Waals surface area (Å²) in [6.45, 7) is 3.99. The average molecular weight is 292 g/mol. The second kappa shape index (κ2) is 4.75. The van der Waals surface area contributed by atoms with E-state index in [-0.39, 0.29) is 0 Å². The Kier molecular flexibility index (Phi) is 3.33. The maximum atomic E-state index is 5.87. The molecule has 17 heavy (non-hydrogen) atoms. The van der Waals surface area contributed by atoms with Crippen molar-refractivity contribution < 1.29 is 0 Å². The molecule has 3 N–H and O–H groups in total. The minimum Gasteiger partial charge on any atom is -0.396 e. The molecule has 0 fully saturated rings. The summed E-state index contributed by atoms with van der Waals surface area (Å²) in [5, 5.41) is 3.22. The van der Waals surface area contributed by atoms with Crippen molar-refractivity contribution in [3.63, 3.8) is 0 Å². The molecule has 1 aromatic carbocycles. The summed E-state index contributed by atoms with van der Waals surface area (Å²) in [6.07, 6.45) is 0. The number of anilines is 3. The molecule has 4 heteroatoms. The maximum Gasteiger partial charge on any atom is 0.153 e. The lowest BCUT2D eigenvalue weighted by Crippen LogP contribution is -2.00. The summed E-state index contributed by atoms with van der Waals surface area (Å²) in [4.78, 5) is 4.37. The molecular weight excluding hydrogens is 278 g/mol. The summed E-state index contributed by atoms with van der Waals surface area (Å²) in [5.41, 5.74) is 9.61. The Bertz CT molecular complexity index is 552. The number of benzene rings is 1. The highest BCUT2D eigenvalue weighted by Crippen LogP contribution is 2.24. The third-order valence-corrected chi connectivity index (χ3v) is 3.38. The molecule has 0 aliphatic carbocycles. The lowest BCUT2D eigenvalue weighted by atomic mass is 10.2. The van der Waals surface area contributed by atoms with Crippen molar-refractivity contribution in [1.29, 1.82) is 0 Å². The number of hydrogen-bond donors (Lipinski definition) is 2. The molecule has 0 saturated carbocycles. The first-order valence-corrected chi connectivity index (χ1v) is 6.12. The molecule has 1 heterocycles. The van der Waals surface area contributed by atoms with Crippen molar-refractivity contribution in [2.75, 3.05) is 11.1 Å². The van der Waals surface area contributed by atoms with E-state index in [2.05, 4.69) is 26.2 Å². The second-order valence-electron chi connectivity index (χ2n) is 3.98. The van der Waals surface area contributed by atoms with Gasteiger partial charge in [-0.15, -0.1) is 0 Å². The van der Waals surface area contributed by atoms with Crippen molar-refractivity contribution >= 4 is 33.1 Å². The van der Waals surface area contributed by atoms with Gasteiger partial charge in [-0.05, 0) is 49.7 Å². The van der Waals surface area contributed by atoms with Crippen LogP contribution < -0.4 is 11.1 Å². The van der Waals surface area contributed by atoms with Crippen LogP contribution in [0.25, 0.3) is 0 Å². The number of aromatic nitrogens is 1. The lowest BCUT2D eigenvalue weighted by molar-refractivity contribution is 1.20. The first-order chi connectivity index (χ1) is 8.06. The molecule has 1 aromatic heterocycles. The third-order valence-electron chi connectivity index (χ3n) is 2.49. The number of rotatable bonds is 2. The van der Waals surface area contributed by atoms with Gasteiger partial charge in [0.25, 0.3) is 0 Å². The molecule has 0 spiro atoms. The van der Waals surface area contributed by atoms with E-state index in [4.69, 9.17) is 5.73 Å². The molecule has 0 bridgehead atoms. The van der Waals surface area contributed by atoms with Crippen LogP contribution in [0, 0.1) is 13.8 Å². The summed E-state index contributed by atoms with van der Waals surface area (Å²) < 4.78 is 1.09. The number of aryl methyl sites for hydroxylation is 2. The van der Waals surface area contributed by atoms with Gasteiger partial charge in [0.15, 0.2) is 5.82 Å². The van der Waals surface area contributed by atoms with Crippen LogP contribution >= 0.6 is 15.9 Å². The molecule has 3 nitrogen and oxygen atoms in total. The SMILES string of the molecule is Cc1ccc(N)c(Nc2ccc(Br)c(C)c2)n1. The number of nitrogen functional groups attached to an aromatic ring is 1. The molecule has 0 saturated heterocycles. The van der Waals surface area contributed by atoms with Crippen LogP contribution in [-0.2, 0) is 0 Å². The van der Waals surface area contributed by atoms with Gasteiger partial charge in [0.1, 0.15) is 0 Å². The zero-order chi connectivity index (χ0) is 12.4. The Hall–Kier alpha value is -1.55. The summed E-state index contributed by atoms with van der Waals surface area (Å²) in [6, 6.07) is 9.79. The van der Waals surface area contributed by atoms with Crippen LogP contribution in [-0.4, -0.2) is 4.98 Å². The van der Waals surface area contributed by atoms with Crippen LogP contribution in [0.2, 0.25) is 0 Å². The van der Waals surface area contributed by atoms with E-state index in [1.807, 2.05) is 44.2 Å². The minimum atomic E-state index is 0.649. The zero-order valence-corrected chi connectivity index (χ0v) is 11.4. The molecule has 0 amide bonds. The van der Waals surface area contributed by atoms with Gasteiger partial charge in [0.05, 0.1) is 5.69 Å². The normalized spacial score (nSPS) is 10.3. The van der Waals surface area contributed by atoms with E-state index in [0.717, 1.165) is 15.9 Å². The van der Waals surface area contributed by atoms with E-state index in [1.54, 1.807) is 0 Å². The quantitative estimate of drug-likeness (QED) is 0.885. The molecule has 0 radical (unpaired) electrons. The Balaban J connectivity index is 2.31. The average Bonchev–Trinajstić information content (AvgIpc) is 2.29. The highest BCUT2D eigenvalue weighted by atomic mass is 79.9. The minimum absolute atomic E-state index is 0.649. The fourth-order valence-corrected chi connectivity index (χ4v) is 1.77. The van der Waals surface area contributed by atoms with E-state index >= 15 is 0 Å². The molecule has 0 aliphatic rings. The Morgan fingerprint density at radius 1 is 1.18 bits per heavy atom. The molecule has 2 aromatic rings. The fraction of sp³-hybridized carbons (Fsp3) is 0.154. The topological polar surface area (TPSA) is 50.9 Å². The van der Waals surface area contributed by atoms with E-state index in [9.17, 15) is 0 Å². The predicted molar refractivity (Wildman–Crippen MR) is 75.5 cm³/mol. The number of halogens is 1. The Labute approximate surface area is 109 Å². The Morgan fingerprint density at radius 3 is 2.65 bits per heavy atom. The van der Waals surface area contributed by atoms with Gasteiger partial charge >= 0.3 is 0 Å². The van der Waals surface area contributed by atoms with Crippen molar-refractivity contribution in [1.82, 2.24) is 4.98 Å². The van der Waals surface area contributed by atoms with Gasteiger partial charge in [-0.25, -0.2) is 4.98 Å². The number of hydrogen-bond acceptors (Lipinski definition) is 3. The van der Waals surface area contributed by atoms with Crippen LogP contribution in [0.1, 0.15) is 11.3 Å². The summed E-state index contributed by atoms with van der Waals surface area (Å²) >= 11 is 3.47. The molecule has 0 atom stereocenters. The van der Waals surface area contributed by atoms with Crippen molar-refractivity contribution in [2.45, 2.75) is 13.8 Å². The van der Waals surface area contributed by atoms with Gasteiger partial charge < -0.3 is 11.1 Å². The summed E-state index contributed by atoms with van der Waals surface area (Å²) in [5.74, 6) is 0.701. The van der Waals surface area contributed by atoms with Crippen LogP contribution in [0.4, 0.5) is 17.2 Å². The summed E-state index contributed by atoms with van der Waals surface area (Å²) in [7, 11) is 0. The van der Waals surface area contributed by atoms with E-state index in [1.165, 1.54) is 5.56 Å². The van der Waals surface area contributed by atoms with Crippen molar-refractivity contribution in [2.24, 2.45) is 0 Å². The van der Waals surface area contributed by atoms with Crippen molar-refractivity contribution in [3.8, 4) is 0 Å². The van der Waals surface area contributed by atoms with Gasteiger partial charge in [-0.1, -0.05) is 15.9 Å². The molecule has 88 valence electrons. The molecule has 0 unspecified atom stereocenters. The number of nitrogens with two attached hydrogens (primary N) is 1. The fourth-order valence-electron chi connectivity index (χ4n) is 1.53. The highest BCUT2D eigenvalue weighted by molar-refractivity contribution is 9.10. The molecule has 2 rings (SSSR count). The number of nitrogens with zero attached hydrogens (tertiary/aromatic N) is 1. The van der Waals surface area contributed by atoms with E-state index in [0.29, 0.717) is 11.5 Å². The van der Waals surface area contributed by atoms with Gasteiger partial charge in [0, 0.05) is 15.9 Å². The second-order valence-corrected chi connectivity index (χ2v) is 4.83. The first kappa shape index (κ1) is 11.9. The third kappa shape index (κ3) is 2.77. The smallest absolute Gasteiger partial charge is 0.153 e. The number of pyridine rings is 1. The van der Waals surface area contributed by atoms with Gasteiger partial charge in [-0.3, -0.25) is 0 Å². The van der Waals surface area contributed by atoms with Crippen molar-refractivity contribution in [3.05, 3.63) is 46.1 Å². The van der Waals surface area contributed by atoms with Crippen LogP contribution in [0.3, 0.4) is 0 Å². The number of nitrogens with one attached hydrogen (secondary N) is 1. The first-order valence-electron chi connectivity index (χ1n) is 5.32. The molecule has 0 aliphatic heterocycles. The van der Waals surface area contributed by atoms with Gasteiger partial charge in [-0.2, -0.15) is 0 Å². The molecular formula is C13H14BrN3. The maximum absolute atomic E-state index is 5.87. The van der Waals surface area contributed by atoms with Crippen LogP contribution in [0.15, 0.2) is 34.8 Å². The predicted octanol–water partition coefficient (Wildman–Crippen LogP) is 3.79. The standard InChI is InChI=1S/C13H14BrN3/c1-8-7-10(4-5-11(8)14)17-13-12(15)6-3-9(2)16-13/h3-7H,15H2,1-2H3,(H,16,17).